The lowest BCUT2D eigenvalue weighted by Crippen LogP contribution is -2.13. The zero-order valence-corrected chi connectivity index (χ0v) is 15.4. The van der Waals surface area contributed by atoms with Crippen LogP contribution in [0.1, 0.15) is 63.0 Å². The second-order valence-electron chi connectivity index (χ2n) is 7.21. The Morgan fingerprint density at radius 2 is 1.80 bits per heavy atom. The molecule has 0 aliphatic heterocycles. The molecule has 0 aromatic heterocycles. The van der Waals surface area contributed by atoms with Gasteiger partial charge in [-0.25, -0.2) is 0 Å². The van der Waals surface area contributed by atoms with Crippen molar-refractivity contribution in [2.75, 3.05) is 0 Å². The first-order valence-corrected chi connectivity index (χ1v) is 9.73. The third-order valence-corrected chi connectivity index (χ3v) is 5.38. The average molecular weight is 339 g/mol. The van der Waals surface area contributed by atoms with Crippen LogP contribution in [0.15, 0.2) is 48.3 Å². The minimum absolute atomic E-state index is 0.552. The molecule has 1 aromatic rings. The van der Waals surface area contributed by atoms with Crippen molar-refractivity contribution in [1.82, 2.24) is 0 Å². The predicted octanol–water partition coefficient (Wildman–Crippen LogP) is 6.70. The Morgan fingerprint density at radius 1 is 1.12 bits per heavy atom. The first kappa shape index (κ1) is 19.4. The van der Waals surface area contributed by atoms with E-state index >= 15 is 0 Å². The van der Waals surface area contributed by atoms with Gasteiger partial charge in [-0.2, -0.15) is 9.65 Å². The maximum absolute atomic E-state index is 12.7. The molecule has 25 heavy (non-hydrogen) atoms. The van der Waals surface area contributed by atoms with Crippen LogP contribution in [-0.4, -0.2) is 0 Å². The molecule has 0 bridgehead atoms. The molecule has 1 fully saturated rings. The molecular weight excluding hydrogens is 309 g/mol. The van der Waals surface area contributed by atoms with Crippen molar-refractivity contribution in [3.8, 4) is 6.07 Å². The topological polar surface area (TPSA) is 23.8 Å². The van der Waals surface area contributed by atoms with Crippen LogP contribution < -0.4 is 0 Å². The van der Waals surface area contributed by atoms with Crippen LogP contribution in [0.5, 0.6) is 0 Å². The highest BCUT2D eigenvalue weighted by atomic mass is 19.1. The lowest BCUT2D eigenvalue weighted by Gasteiger charge is -2.26. The smallest absolute Gasteiger partial charge is 0.195 e. The second kappa shape index (κ2) is 10.9. The highest BCUT2D eigenvalue weighted by Crippen LogP contribution is 2.32. The summed E-state index contributed by atoms with van der Waals surface area (Å²) in [6, 6.07) is 10.6. The van der Waals surface area contributed by atoms with Gasteiger partial charge in [-0.15, -0.1) is 0 Å². The first-order valence-electron chi connectivity index (χ1n) is 9.73. The minimum atomic E-state index is -0.714. The van der Waals surface area contributed by atoms with E-state index in [9.17, 15) is 4.39 Å². The number of unbranched alkanes of at least 4 members (excludes halogenated alkanes) is 1. The van der Waals surface area contributed by atoms with E-state index in [1.54, 1.807) is 6.08 Å². The molecule has 134 valence electrons. The first-order chi connectivity index (χ1) is 12.2. The van der Waals surface area contributed by atoms with Crippen LogP contribution in [0.3, 0.4) is 0 Å². The van der Waals surface area contributed by atoms with Crippen molar-refractivity contribution in [3.63, 3.8) is 0 Å². The van der Waals surface area contributed by atoms with Crippen LogP contribution >= 0.6 is 0 Å². The molecule has 0 radical (unpaired) electrons. The number of hydrogen-bond acceptors (Lipinski definition) is 1. The second-order valence-corrected chi connectivity index (χ2v) is 7.21. The fourth-order valence-electron chi connectivity index (χ4n) is 3.71. The van der Waals surface area contributed by atoms with E-state index in [0.717, 1.165) is 12.3 Å². The van der Waals surface area contributed by atoms with Gasteiger partial charge in [-0.1, -0.05) is 56.2 Å². The summed E-state index contributed by atoms with van der Waals surface area (Å²) in [5, 5.41) is 8.38. The van der Waals surface area contributed by atoms with Crippen molar-refractivity contribution < 1.29 is 4.39 Å². The van der Waals surface area contributed by atoms with Crippen molar-refractivity contribution in [1.29, 1.82) is 5.26 Å². The molecule has 1 aliphatic rings. The van der Waals surface area contributed by atoms with Crippen LogP contribution in [0.2, 0.25) is 0 Å². The van der Waals surface area contributed by atoms with Crippen molar-refractivity contribution in [2.45, 2.75) is 64.7 Å². The Labute approximate surface area is 152 Å². The summed E-state index contributed by atoms with van der Waals surface area (Å²) < 4.78 is 12.7. The molecule has 0 unspecified atom stereocenters. The predicted molar refractivity (Wildman–Crippen MR) is 103 cm³/mol. The number of hydrogen-bond donors (Lipinski definition) is 0. The zero-order valence-electron chi connectivity index (χ0n) is 15.4. The lowest BCUT2D eigenvalue weighted by atomic mass is 9.79. The highest BCUT2D eigenvalue weighted by Gasteiger charge is 2.18. The monoisotopic (exact) mass is 339 g/mol. The highest BCUT2D eigenvalue weighted by molar-refractivity contribution is 5.22. The van der Waals surface area contributed by atoms with Crippen LogP contribution in [0.25, 0.3) is 0 Å². The van der Waals surface area contributed by atoms with E-state index in [4.69, 9.17) is 5.26 Å². The summed E-state index contributed by atoms with van der Waals surface area (Å²) in [5.41, 5.74) is 2.88. The fraction of sp³-hybridized carbons (Fsp3) is 0.522. The number of rotatable bonds is 8. The minimum Gasteiger partial charge on any atom is -0.195 e. The average Bonchev–Trinajstić information content (AvgIpc) is 2.66. The maximum Gasteiger partial charge on any atom is 0.199 e. The molecule has 0 spiro atoms. The Hall–Kier alpha value is -1.88. The van der Waals surface area contributed by atoms with Gasteiger partial charge in [0.05, 0.1) is 0 Å². The van der Waals surface area contributed by atoms with E-state index in [0.29, 0.717) is 5.92 Å². The van der Waals surface area contributed by atoms with Gasteiger partial charge < -0.3 is 0 Å². The van der Waals surface area contributed by atoms with Crippen molar-refractivity contribution in [3.05, 3.63) is 59.4 Å². The summed E-state index contributed by atoms with van der Waals surface area (Å²) in [6.07, 6.45) is 16.2. The van der Waals surface area contributed by atoms with Gasteiger partial charge in [0.15, 0.2) is 5.83 Å². The summed E-state index contributed by atoms with van der Waals surface area (Å²) in [5.74, 6) is 0.698. The number of benzene rings is 1. The Morgan fingerprint density at radius 3 is 2.44 bits per heavy atom. The summed E-state index contributed by atoms with van der Waals surface area (Å²) >= 11 is 0. The molecule has 1 aromatic carbocycles. The molecule has 1 nitrogen and oxygen atoms in total. The van der Waals surface area contributed by atoms with Gasteiger partial charge in [0.25, 0.3) is 0 Å². The van der Waals surface area contributed by atoms with Gasteiger partial charge in [-0.3, -0.25) is 0 Å². The summed E-state index contributed by atoms with van der Waals surface area (Å²) in [4.78, 5) is 0. The van der Waals surface area contributed by atoms with Gasteiger partial charge >= 0.3 is 0 Å². The molecule has 2 heteroatoms. The molecule has 2 rings (SSSR count). The number of aryl methyl sites for hydroxylation is 2. The van der Waals surface area contributed by atoms with Gasteiger partial charge in [-0.05, 0) is 74.0 Å². The van der Waals surface area contributed by atoms with Gasteiger partial charge in [0.2, 0.25) is 0 Å². The van der Waals surface area contributed by atoms with Gasteiger partial charge in [0, 0.05) is 0 Å². The van der Waals surface area contributed by atoms with Gasteiger partial charge in [0.1, 0.15) is 6.07 Å². The Balaban J connectivity index is 1.60. The van der Waals surface area contributed by atoms with Crippen LogP contribution in [0.4, 0.5) is 4.39 Å². The van der Waals surface area contributed by atoms with Crippen LogP contribution in [-0.2, 0) is 12.8 Å². The zero-order chi connectivity index (χ0) is 17.9. The Kier molecular flexibility index (Phi) is 8.46. The molecule has 0 amide bonds. The standard InChI is InChI=1S/C23H30FN/c1-2-19-10-12-20(13-11-19)6-3-4-7-21-14-16-22(17-15-21)8-5-9-23(24)18-25/h5,8-13,21-22H,2-4,6-7,14-17H2,1H3/t21-,22-. The van der Waals surface area contributed by atoms with Crippen molar-refractivity contribution >= 4 is 0 Å². The quantitative estimate of drug-likeness (QED) is 0.293. The number of nitriles is 1. The molecule has 0 saturated heterocycles. The molecule has 1 saturated carbocycles. The van der Waals surface area contributed by atoms with E-state index in [-0.39, 0.29) is 0 Å². The van der Waals surface area contributed by atoms with E-state index in [1.807, 2.05) is 0 Å². The van der Waals surface area contributed by atoms with E-state index in [1.165, 1.54) is 74.6 Å². The normalized spacial score (nSPS) is 21.4. The number of halogens is 1. The number of nitrogens with zero attached hydrogens (tertiary/aromatic N) is 1. The fourth-order valence-corrected chi connectivity index (χ4v) is 3.71. The summed E-state index contributed by atoms with van der Waals surface area (Å²) in [6.45, 7) is 2.20. The van der Waals surface area contributed by atoms with Crippen molar-refractivity contribution in [2.24, 2.45) is 11.8 Å². The SMILES string of the molecule is CCc1ccc(CCCC[C@H]2CC[C@H](C=CC=C(F)C#N)CC2)cc1. The third-order valence-electron chi connectivity index (χ3n) is 5.38. The largest absolute Gasteiger partial charge is 0.199 e. The third kappa shape index (κ3) is 7.26. The molecular formula is C23H30FN. The summed E-state index contributed by atoms with van der Waals surface area (Å²) in [7, 11) is 0. The molecule has 0 N–H and O–H groups in total. The van der Waals surface area contributed by atoms with Crippen LogP contribution in [0, 0.1) is 23.2 Å². The van der Waals surface area contributed by atoms with E-state index < -0.39 is 5.83 Å². The molecule has 0 heterocycles. The van der Waals surface area contributed by atoms with E-state index in [2.05, 4.69) is 37.3 Å². The molecule has 1 aliphatic carbocycles. The Bertz CT molecular complexity index is 598. The molecule has 0 atom stereocenters. The number of allylic oxidation sites excluding steroid dienone is 4. The maximum atomic E-state index is 12.7. The lowest BCUT2D eigenvalue weighted by molar-refractivity contribution is 0.289.